The molecule has 0 aliphatic heterocycles. The second-order valence-electron chi connectivity index (χ2n) is 3.47. The van der Waals surface area contributed by atoms with Crippen molar-refractivity contribution in [3.63, 3.8) is 0 Å². The first-order valence-electron chi connectivity index (χ1n) is 5.37. The van der Waals surface area contributed by atoms with Gasteiger partial charge in [-0.25, -0.2) is 0 Å². The Morgan fingerprint density at radius 1 is 1.47 bits per heavy atom. The molecule has 0 spiro atoms. The summed E-state index contributed by atoms with van der Waals surface area (Å²) >= 11 is 3.33. The van der Waals surface area contributed by atoms with E-state index in [2.05, 4.69) is 32.6 Å². The molecule has 0 aliphatic rings. The number of benzene rings is 1. The summed E-state index contributed by atoms with van der Waals surface area (Å²) in [5.74, 6) is 0.0236. The lowest BCUT2D eigenvalue weighted by atomic mass is 10.2. The molecule has 0 heterocycles. The monoisotopic (exact) mass is 295 g/mol. The van der Waals surface area contributed by atoms with Gasteiger partial charge < -0.3 is 10.6 Å². The molecule has 0 unspecified atom stereocenters. The summed E-state index contributed by atoms with van der Waals surface area (Å²) in [6, 6.07) is 7.45. The summed E-state index contributed by atoms with van der Waals surface area (Å²) in [6.45, 7) is 3.08. The van der Waals surface area contributed by atoms with Crippen LogP contribution in [0.4, 0.5) is 5.69 Å². The van der Waals surface area contributed by atoms with Gasteiger partial charge in [0.25, 0.3) is 0 Å². The Balaban J connectivity index is 2.50. The topological polar surface area (TPSA) is 64.9 Å². The zero-order valence-corrected chi connectivity index (χ0v) is 11.2. The highest BCUT2D eigenvalue weighted by Crippen LogP contribution is 2.19. The van der Waals surface area contributed by atoms with Gasteiger partial charge in [0.2, 0.25) is 5.91 Å². The number of carbonyl (C=O) groups is 1. The first-order valence-corrected chi connectivity index (χ1v) is 6.16. The molecule has 0 saturated carbocycles. The highest BCUT2D eigenvalue weighted by molar-refractivity contribution is 9.10. The van der Waals surface area contributed by atoms with Gasteiger partial charge in [0, 0.05) is 29.7 Å². The Bertz CT molecular complexity index is 440. The molecule has 1 aromatic rings. The third-order valence-electron chi connectivity index (χ3n) is 2.08. The molecule has 0 bridgehead atoms. The quantitative estimate of drug-likeness (QED) is 0.876. The van der Waals surface area contributed by atoms with Crippen molar-refractivity contribution in [1.82, 2.24) is 5.32 Å². The molecule has 1 aromatic carbocycles. The summed E-state index contributed by atoms with van der Waals surface area (Å²) in [5, 5.41) is 14.6. The molecule has 0 saturated heterocycles. The number of carbonyl (C=O) groups excluding carboxylic acids is 1. The Kier molecular flexibility index (Phi) is 5.50. The van der Waals surface area contributed by atoms with Crippen molar-refractivity contribution >= 4 is 27.5 Å². The van der Waals surface area contributed by atoms with Crippen LogP contribution in [0.3, 0.4) is 0 Å². The van der Waals surface area contributed by atoms with E-state index >= 15 is 0 Å². The predicted octanol–water partition coefficient (Wildman–Crippen LogP) is 2.26. The standard InChI is InChI=1S/C12H14BrN3O/c1-2-15-12(17)3-4-16-11-6-9(8-14)5-10(13)7-11/h5-7,16H,2-4H2,1H3,(H,15,17). The van der Waals surface area contributed by atoms with Crippen molar-refractivity contribution in [2.24, 2.45) is 0 Å². The second kappa shape index (κ2) is 6.92. The zero-order chi connectivity index (χ0) is 12.7. The van der Waals surface area contributed by atoms with Gasteiger partial charge in [0.05, 0.1) is 11.6 Å². The van der Waals surface area contributed by atoms with Crippen LogP contribution in [0.2, 0.25) is 0 Å². The van der Waals surface area contributed by atoms with Gasteiger partial charge in [-0.1, -0.05) is 15.9 Å². The number of nitrogens with one attached hydrogen (secondary N) is 2. The molecule has 0 radical (unpaired) electrons. The lowest BCUT2D eigenvalue weighted by molar-refractivity contribution is -0.120. The van der Waals surface area contributed by atoms with E-state index in [4.69, 9.17) is 5.26 Å². The third-order valence-corrected chi connectivity index (χ3v) is 2.54. The lowest BCUT2D eigenvalue weighted by Gasteiger charge is -2.07. The second-order valence-corrected chi connectivity index (χ2v) is 4.39. The van der Waals surface area contributed by atoms with Crippen LogP contribution in [0.5, 0.6) is 0 Å². The average Bonchev–Trinajstić information content (AvgIpc) is 2.28. The summed E-state index contributed by atoms with van der Waals surface area (Å²) in [4.78, 5) is 11.2. The summed E-state index contributed by atoms with van der Waals surface area (Å²) in [6.07, 6.45) is 0.419. The molecule has 2 N–H and O–H groups in total. The highest BCUT2D eigenvalue weighted by atomic mass is 79.9. The Morgan fingerprint density at radius 3 is 2.88 bits per heavy atom. The van der Waals surface area contributed by atoms with Crippen LogP contribution < -0.4 is 10.6 Å². The molecule has 0 aromatic heterocycles. The Labute approximate surface area is 109 Å². The minimum atomic E-state index is 0.0236. The minimum absolute atomic E-state index is 0.0236. The van der Waals surface area contributed by atoms with Gasteiger partial charge in [-0.05, 0) is 25.1 Å². The summed E-state index contributed by atoms with van der Waals surface area (Å²) < 4.78 is 0.844. The molecule has 17 heavy (non-hydrogen) atoms. The number of rotatable bonds is 5. The average molecular weight is 296 g/mol. The van der Waals surface area contributed by atoms with Crippen molar-refractivity contribution in [3.8, 4) is 6.07 Å². The van der Waals surface area contributed by atoms with E-state index in [9.17, 15) is 4.79 Å². The van der Waals surface area contributed by atoms with Crippen LogP contribution in [-0.4, -0.2) is 19.0 Å². The molecule has 1 rings (SSSR count). The SMILES string of the molecule is CCNC(=O)CCNc1cc(Br)cc(C#N)c1. The van der Waals surface area contributed by atoms with Crippen molar-refractivity contribution in [3.05, 3.63) is 28.2 Å². The third kappa shape index (κ3) is 4.87. The van der Waals surface area contributed by atoms with Crippen molar-refractivity contribution in [1.29, 1.82) is 5.26 Å². The molecule has 1 amide bonds. The maximum atomic E-state index is 11.2. The smallest absolute Gasteiger partial charge is 0.221 e. The van der Waals surface area contributed by atoms with E-state index in [1.807, 2.05) is 13.0 Å². The van der Waals surface area contributed by atoms with Crippen molar-refractivity contribution in [2.75, 3.05) is 18.4 Å². The van der Waals surface area contributed by atoms with Gasteiger partial charge in [-0.3, -0.25) is 4.79 Å². The van der Waals surface area contributed by atoms with Gasteiger partial charge in [0.1, 0.15) is 0 Å². The van der Waals surface area contributed by atoms with Crippen LogP contribution >= 0.6 is 15.9 Å². The number of nitrogens with zero attached hydrogens (tertiary/aromatic N) is 1. The molecule has 0 atom stereocenters. The minimum Gasteiger partial charge on any atom is -0.384 e. The molecule has 0 fully saturated rings. The largest absolute Gasteiger partial charge is 0.384 e. The maximum absolute atomic E-state index is 11.2. The molecular formula is C12H14BrN3O. The van der Waals surface area contributed by atoms with Crippen LogP contribution in [0, 0.1) is 11.3 Å². The highest BCUT2D eigenvalue weighted by Gasteiger charge is 2.01. The maximum Gasteiger partial charge on any atom is 0.221 e. The van der Waals surface area contributed by atoms with Gasteiger partial charge >= 0.3 is 0 Å². The fraction of sp³-hybridized carbons (Fsp3) is 0.333. The molecule has 0 aliphatic carbocycles. The van der Waals surface area contributed by atoms with Gasteiger partial charge in [-0.2, -0.15) is 5.26 Å². The predicted molar refractivity (Wildman–Crippen MR) is 70.6 cm³/mol. The fourth-order valence-corrected chi connectivity index (χ4v) is 1.86. The number of nitriles is 1. The van der Waals surface area contributed by atoms with Crippen molar-refractivity contribution < 1.29 is 4.79 Å². The van der Waals surface area contributed by atoms with E-state index in [0.717, 1.165) is 10.2 Å². The van der Waals surface area contributed by atoms with E-state index < -0.39 is 0 Å². The normalized spacial score (nSPS) is 9.47. The van der Waals surface area contributed by atoms with E-state index in [1.165, 1.54) is 0 Å². The van der Waals surface area contributed by atoms with E-state index in [-0.39, 0.29) is 5.91 Å². The van der Waals surface area contributed by atoms with Crippen LogP contribution in [0.1, 0.15) is 18.9 Å². The number of hydrogen-bond donors (Lipinski definition) is 2. The first kappa shape index (κ1) is 13.5. The molecule has 90 valence electrons. The van der Waals surface area contributed by atoms with E-state index in [1.54, 1.807) is 12.1 Å². The number of halogens is 1. The number of amides is 1. The molecule has 5 heteroatoms. The van der Waals surface area contributed by atoms with Crippen LogP contribution in [-0.2, 0) is 4.79 Å². The zero-order valence-electron chi connectivity index (χ0n) is 9.59. The Hall–Kier alpha value is -1.54. The number of anilines is 1. The molecule has 4 nitrogen and oxygen atoms in total. The van der Waals surface area contributed by atoms with E-state index in [0.29, 0.717) is 25.1 Å². The van der Waals surface area contributed by atoms with Crippen LogP contribution in [0.15, 0.2) is 22.7 Å². The molecular weight excluding hydrogens is 282 g/mol. The van der Waals surface area contributed by atoms with Crippen molar-refractivity contribution in [2.45, 2.75) is 13.3 Å². The summed E-state index contributed by atoms with van der Waals surface area (Å²) in [5.41, 5.74) is 1.42. The first-order chi connectivity index (χ1) is 8.15. The van der Waals surface area contributed by atoms with Crippen LogP contribution in [0.25, 0.3) is 0 Å². The lowest BCUT2D eigenvalue weighted by Crippen LogP contribution is -2.24. The van der Waals surface area contributed by atoms with Gasteiger partial charge in [0.15, 0.2) is 0 Å². The fourth-order valence-electron chi connectivity index (χ4n) is 1.36. The Morgan fingerprint density at radius 2 is 2.24 bits per heavy atom. The van der Waals surface area contributed by atoms with Gasteiger partial charge in [-0.15, -0.1) is 0 Å². The number of hydrogen-bond acceptors (Lipinski definition) is 3. The summed E-state index contributed by atoms with van der Waals surface area (Å²) in [7, 11) is 0.